The quantitative estimate of drug-likeness (QED) is 0.808. The van der Waals surface area contributed by atoms with E-state index in [9.17, 15) is 0 Å². The molecule has 3 heteroatoms. The second-order valence-electron chi connectivity index (χ2n) is 2.47. The number of ether oxygens (including phenoxy) is 1. The fourth-order valence-electron chi connectivity index (χ4n) is 0.956. The smallest absolute Gasteiger partial charge is 0.119 e. The summed E-state index contributed by atoms with van der Waals surface area (Å²) < 4.78 is 5.03. The lowest BCUT2D eigenvalue weighted by atomic mass is 10.2. The summed E-state index contributed by atoms with van der Waals surface area (Å²) in [5, 5.41) is 9.23. The molecular formula is C10H11ClO2. The first-order chi connectivity index (χ1) is 6.27. The molecule has 0 aromatic heterocycles. The van der Waals surface area contributed by atoms with Crippen LogP contribution in [0.5, 0.6) is 5.75 Å². The van der Waals surface area contributed by atoms with Crippen LogP contribution >= 0.6 is 11.6 Å². The Balaban J connectivity index is 2.97. The van der Waals surface area contributed by atoms with Crippen LogP contribution in [0.15, 0.2) is 24.3 Å². The summed E-state index contributed by atoms with van der Waals surface area (Å²) in [7, 11) is 1.60. The summed E-state index contributed by atoms with van der Waals surface area (Å²) in [6.45, 7) is 0.00748. The van der Waals surface area contributed by atoms with Gasteiger partial charge in [-0.25, -0.2) is 0 Å². The molecule has 2 nitrogen and oxygen atoms in total. The standard InChI is InChI=1S/C10H11ClO2/c1-13-9-4-5-10(11)8(7-9)3-2-6-12/h2-5,7,12H,6H2,1H3. The van der Waals surface area contributed by atoms with Gasteiger partial charge in [0.25, 0.3) is 0 Å². The number of hydrogen-bond donors (Lipinski definition) is 1. The van der Waals surface area contributed by atoms with Gasteiger partial charge in [0.15, 0.2) is 0 Å². The SMILES string of the molecule is COc1ccc(Cl)c(C=CCO)c1. The number of halogens is 1. The summed E-state index contributed by atoms with van der Waals surface area (Å²) >= 11 is 5.90. The molecule has 1 rings (SSSR count). The van der Waals surface area contributed by atoms with E-state index in [0.29, 0.717) is 5.02 Å². The molecule has 0 saturated carbocycles. The Bertz CT molecular complexity index is 308. The van der Waals surface area contributed by atoms with E-state index in [1.807, 2.05) is 6.07 Å². The van der Waals surface area contributed by atoms with Crippen molar-refractivity contribution in [2.24, 2.45) is 0 Å². The molecule has 1 aromatic carbocycles. The number of hydrogen-bond acceptors (Lipinski definition) is 2. The maximum Gasteiger partial charge on any atom is 0.119 e. The van der Waals surface area contributed by atoms with Gasteiger partial charge in [0.05, 0.1) is 13.7 Å². The Morgan fingerprint density at radius 3 is 2.92 bits per heavy atom. The van der Waals surface area contributed by atoms with E-state index in [2.05, 4.69) is 0 Å². The molecule has 70 valence electrons. The van der Waals surface area contributed by atoms with Crippen LogP contribution in [0.4, 0.5) is 0 Å². The van der Waals surface area contributed by atoms with Gasteiger partial charge >= 0.3 is 0 Å². The lowest BCUT2D eigenvalue weighted by Crippen LogP contribution is -1.84. The summed E-state index contributed by atoms with van der Waals surface area (Å²) in [6.07, 6.45) is 3.38. The normalized spacial score (nSPS) is 10.7. The highest BCUT2D eigenvalue weighted by Crippen LogP contribution is 2.22. The summed E-state index contributed by atoms with van der Waals surface area (Å²) in [5.41, 5.74) is 0.843. The van der Waals surface area contributed by atoms with Crippen LogP contribution in [-0.4, -0.2) is 18.8 Å². The fraction of sp³-hybridized carbons (Fsp3) is 0.200. The van der Waals surface area contributed by atoms with E-state index >= 15 is 0 Å². The van der Waals surface area contributed by atoms with Crippen molar-refractivity contribution in [1.29, 1.82) is 0 Å². The number of aliphatic hydroxyl groups is 1. The Morgan fingerprint density at radius 2 is 2.31 bits per heavy atom. The van der Waals surface area contributed by atoms with E-state index in [1.54, 1.807) is 31.4 Å². The average Bonchev–Trinajstić information content (AvgIpc) is 2.17. The van der Waals surface area contributed by atoms with Crippen molar-refractivity contribution >= 4 is 17.7 Å². The van der Waals surface area contributed by atoms with Crippen LogP contribution in [0.1, 0.15) is 5.56 Å². The van der Waals surface area contributed by atoms with Crippen LogP contribution in [-0.2, 0) is 0 Å². The van der Waals surface area contributed by atoms with Gasteiger partial charge in [-0.2, -0.15) is 0 Å². The largest absolute Gasteiger partial charge is 0.497 e. The third-order valence-corrected chi connectivity index (χ3v) is 1.95. The van der Waals surface area contributed by atoms with Crippen molar-refractivity contribution in [3.8, 4) is 5.75 Å². The molecule has 0 fully saturated rings. The Labute approximate surface area is 82.4 Å². The Hall–Kier alpha value is -0.990. The summed E-state index contributed by atoms with van der Waals surface area (Å²) in [5.74, 6) is 0.752. The minimum atomic E-state index is 0.00748. The van der Waals surface area contributed by atoms with Gasteiger partial charge in [-0.3, -0.25) is 0 Å². The second-order valence-corrected chi connectivity index (χ2v) is 2.88. The van der Waals surface area contributed by atoms with Crippen molar-refractivity contribution in [2.75, 3.05) is 13.7 Å². The molecule has 0 saturated heterocycles. The maximum absolute atomic E-state index is 8.58. The van der Waals surface area contributed by atoms with E-state index in [1.165, 1.54) is 0 Å². The number of rotatable bonds is 3. The highest BCUT2D eigenvalue weighted by atomic mass is 35.5. The van der Waals surface area contributed by atoms with Gasteiger partial charge in [-0.1, -0.05) is 23.8 Å². The van der Waals surface area contributed by atoms with E-state index < -0.39 is 0 Å². The summed E-state index contributed by atoms with van der Waals surface area (Å²) in [4.78, 5) is 0. The van der Waals surface area contributed by atoms with Crippen molar-refractivity contribution in [3.63, 3.8) is 0 Å². The second kappa shape index (κ2) is 4.90. The molecule has 13 heavy (non-hydrogen) atoms. The minimum absolute atomic E-state index is 0.00748. The Morgan fingerprint density at radius 1 is 1.54 bits per heavy atom. The van der Waals surface area contributed by atoms with E-state index in [-0.39, 0.29) is 6.61 Å². The molecule has 0 heterocycles. The average molecular weight is 199 g/mol. The summed E-state index contributed by atoms with van der Waals surface area (Å²) in [6, 6.07) is 5.37. The molecule has 0 unspecified atom stereocenters. The third kappa shape index (κ3) is 2.76. The first-order valence-corrected chi connectivity index (χ1v) is 4.26. The molecule has 1 aromatic rings. The maximum atomic E-state index is 8.58. The predicted octanol–water partition coefficient (Wildman–Crippen LogP) is 2.35. The van der Waals surface area contributed by atoms with Crippen molar-refractivity contribution in [1.82, 2.24) is 0 Å². The predicted molar refractivity (Wildman–Crippen MR) is 54.1 cm³/mol. The minimum Gasteiger partial charge on any atom is -0.497 e. The van der Waals surface area contributed by atoms with Crippen LogP contribution in [0.2, 0.25) is 5.02 Å². The number of aliphatic hydroxyl groups excluding tert-OH is 1. The zero-order valence-corrected chi connectivity index (χ0v) is 8.08. The molecular weight excluding hydrogens is 188 g/mol. The molecule has 1 N–H and O–H groups in total. The number of benzene rings is 1. The molecule has 0 aliphatic carbocycles. The van der Waals surface area contributed by atoms with Gasteiger partial charge in [0, 0.05) is 5.02 Å². The van der Waals surface area contributed by atoms with Crippen molar-refractivity contribution < 1.29 is 9.84 Å². The zero-order chi connectivity index (χ0) is 9.68. The van der Waals surface area contributed by atoms with Gasteiger partial charge in [0.2, 0.25) is 0 Å². The van der Waals surface area contributed by atoms with Crippen LogP contribution < -0.4 is 4.74 Å². The first kappa shape index (κ1) is 10.1. The monoisotopic (exact) mass is 198 g/mol. The van der Waals surface area contributed by atoms with E-state index in [4.69, 9.17) is 21.4 Å². The molecule has 0 aliphatic rings. The third-order valence-electron chi connectivity index (χ3n) is 1.61. The molecule has 0 amide bonds. The molecule has 0 atom stereocenters. The van der Waals surface area contributed by atoms with Crippen LogP contribution in [0.3, 0.4) is 0 Å². The fourth-order valence-corrected chi connectivity index (χ4v) is 1.14. The van der Waals surface area contributed by atoms with Crippen molar-refractivity contribution in [3.05, 3.63) is 34.9 Å². The first-order valence-electron chi connectivity index (χ1n) is 3.89. The lowest BCUT2D eigenvalue weighted by molar-refractivity contribution is 0.343. The molecule has 0 spiro atoms. The van der Waals surface area contributed by atoms with E-state index in [0.717, 1.165) is 11.3 Å². The molecule has 0 radical (unpaired) electrons. The van der Waals surface area contributed by atoms with Gasteiger partial charge in [0.1, 0.15) is 5.75 Å². The molecule has 0 aliphatic heterocycles. The number of methoxy groups -OCH3 is 1. The Kier molecular flexibility index (Phi) is 3.80. The van der Waals surface area contributed by atoms with Crippen molar-refractivity contribution in [2.45, 2.75) is 0 Å². The highest BCUT2D eigenvalue weighted by molar-refractivity contribution is 6.32. The highest BCUT2D eigenvalue weighted by Gasteiger charge is 1.97. The zero-order valence-electron chi connectivity index (χ0n) is 7.33. The van der Waals surface area contributed by atoms with Crippen LogP contribution in [0, 0.1) is 0 Å². The van der Waals surface area contributed by atoms with Gasteiger partial charge in [-0.15, -0.1) is 0 Å². The lowest BCUT2D eigenvalue weighted by Gasteiger charge is -2.02. The topological polar surface area (TPSA) is 29.5 Å². The van der Waals surface area contributed by atoms with Crippen LogP contribution in [0.25, 0.3) is 6.08 Å². The molecule has 0 bridgehead atoms. The van der Waals surface area contributed by atoms with Gasteiger partial charge in [-0.05, 0) is 23.8 Å². The van der Waals surface area contributed by atoms with Gasteiger partial charge < -0.3 is 9.84 Å².